The van der Waals surface area contributed by atoms with Crippen molar-refractivity contribution in [3.63, 3.8) is 0 Å². The Labute approximate surface area is 197 Å². The average molecular weight is 456 g/mol. The molecule has 4 aromatic rings. The van der Waals surface area contributed by atoms with Crippen LogP contribution in [0, 0.1) is 5.82 Å². The Hall–Kier alpha value is -3.77. The van der Waals surface area contributed by atoms with Crippen LogP contribution in [0.3, 0.4) is 0 Å². The van der Waals surface area contributed by atoms with Gasteiger partial charge in [-0.05, 0) is 29.3 Å². The highest BCUT2D eigenvalue weighted by atomic mass is 19.1. The molecule has 0 unspecified atom stereocenters. The first-order chi connectivity index (χ1) is 16.5. The number of carbonyl (C=O) groups is 1. The molecule has 1 aromatic heterocycles. The lowest BCUT2D eigenvalue weighted by atomic mass is 9.96. The van der Waals surface area contributed by atoms with Gasteiger partial charge in [0, 0.05) is 44.8 Å². The number of aromatic nitrogens is 1. The number of halogens is 1. The van der Waals surface area contributed by atoms with E-state index in [1.807, 2.05) is 36.4 Å². The average Bonchev–Trinajstić information content (AvgIpc) is 2.87. The van der Waals surface area contributed by atoms with Gasteiger partial charge in [0.15, 0.2) is 0 Å². The number of benzene rings is 3. The minimum atomic E-state index is -0.490. The third kappa shape index (κ3) is 4.13. The minimum Gasteiger partial charge on any atom is -0.350 e. The van der Waals surface area contributed by atoms with Crippen LogP contribution in [0.15, 0.2) is 89.9 Å². The molecule has 1 aliphatic rings. The van der Waals surface area contributed by atoms with Gasteiger partial charge in [0.25, 0.3) is 5.91 Å². The number of fused-ring (bicyclic) bond motifs is 1. The number of nitrogens with zero attached hydrogens (tertiary/aromatic N) is 3. The van der Waals surface area contributed by atoms with E-state index in [1.54, 1.807) is 28.8 Å². The lowest BCUT2D eigenvalue weighted by Crippen LogP contribution is -2.50. The van der Waals surface area contributed by atoms with Crippen LogP contribution < -0.4 is 5.43 Å². The molecule has 3 aromatic carbocycles. The summed E-state index contributed by atoms with van der Waals surface area (Å²) in [4.78, 5) is 30.4. The number of carbonyl (C=O) groups excluding carboxylic acids is 1. The molecular formula is C28H26FN3O2. The molecular weight excluding hydrogens is 429 g/mol. The first-order valence-corrected chi connectivity index (χ1v) is 11.4. The lowest BCUT2D eigenvalue weighted by Gasteiger charge is -2.39. The van der Waals surface area contributed by atoms with Crippen LogP contribution in [0.4, 0.5) is 4.39 Å². The summed E-state index contributed by atoms with van der Waals surface area (Å²) in [6, 6.07) is 24.9. The first kappa shape index (κ1) is 22.0. The summed E-state index contributed by atoms with van der Waals surface area (Å²) in [5.41, 5.74) is 2.67. The van der Waals surface area contributed by atoms with Crippen molar-refractivity contribution < 1.29 is 9.18 Å². The molecule has 1 amide bonds. The van der Waals surface area contributed by atoms with Crippen molar-refractivity contribution in [2.75, 3.05) is 26.2 Å². The Morgan fingerprint density at radius 1 is 0.853 bits per heavy atom. The van der Waals surface area contributed by atoms with Crippen LogP contribution in [0.2, 0.25) is 0 Å². The molecule has 0 saturated carbocycles. The molecule has 0 atom stereocenters. The van der Waals surface area contributed by atoms with Crippen molar-refractivity contribution in [1.29, 1.82) is 0 Å². The van der Waals surface area contributed by atoms with Gasteiger partial charge in [-0.25, -0.2) is 4.39 Å². The van der Waals surface area contributed by atoms with Gasteiger partial charge in [0.05, 0.1) is 11.6 Å². The molecule has 34 heavy (non-hydrogen) atoms. The number of pyridine rings is 1. The Bertz CT molecular complexity index is 1340. The van der Waals surface area contributed by atoms with Crippen LogP contribution in [0.5, 0.6) is 0 Å². The second-order valence-corrected chi connectivity index (χ2v) is 8.70. The minimum absolute atomic E-state index is 0.0803. The molecule has 0 bridgehead atoms. The maximum absolute atomic E-state index is 13.8. The predicted molar refractivity (Wildman–Crippen MR) is 131 cm³/mol. The zero-order valence-corrected chi connectivity index (χ0v) is 19.0. The third-order valence-corrected chi connectivity index (χ3v) is 6.58. The topological polar surface area (TPSA) is 45.6 Å². The molecule has 172 valence electrons. The molecule has 0 N–H and O–H groups in total. The molecule has 6 heteroatoms. The summed E-state index contributed by atoms with van der Waals surface area (Å²) < 4.78 is 15.5. The van der Waals surface area contributed by atoms with Gasteiger partial charge < -0.3 is 9.47 Å². The normalized spacial score (nSPS) is 14.6. The first-order valence-electron chi connectivity index (χ1n) is 11.4. The summed E-state index contributed by atoms with van der Waals surface area (Å²) >= 11 is 0. The third-order valence-electron chi connectivity index (χ3n) is 6.58. The molecule has 2 heterocycles. The number of amides is 1. The number of rotatable bonds is 4. The van der Waals surface area contributed by atoms with Crippen molar-refractivity contribution in [3.05, 3.63) is 118 Å². The van der Waals surface area contributed by atoms with Crippen molar-refractivity contribution in [1.82, 2.24) is 14.4 Å². The fourth-order valence-corrected chi connectivity index (χ4v) is 4.86. The molecule has 1 aliphatic heterocycles. The largest absolute Gasteiger partial charge is 0.350 e. The van der Waals surface area contributed by atoms with Gasteiger partial charge in [-0.3, -0.25) is 14.5 Å². The molecule has 1 saturated heterocycles. The van der Waals surface area contributed by atoms with Crippen LogP contribution in [-0.2, 0) is 7.05 Å². The summed E-state index contributed by atoms with van der Waals surface area (Å²) in [6.07, 6.45) is 1.56. The van der Waals surface area contributed by atoms with E-state index in [2.05, 4.69) is 29.2 Å². The van der Waals surface area contributed by atoms with Crippen molar-refractivity contribution >= 4 is 16.8 Å². The number of hydrogen-bond acceptors (Lipinski definition) is 3. The van der Waals surface area contributed by atoms with Crippen LogP contribution in [-0.4, -0.2) is 46.5 Å². The van der Waals surface area contributed by atoms with E-state index >= 15 is 0 Å². The van der Waals surface area contributed by atoms with Crippen LogP contribution >= 0.6 is 0 Å². The monoisotopic (exact) mass is 455 g/mol. The van der Waals surface area contributed by atoms with Crippen LogP contribution in [0.1, 0.15) is 27.5 Å². The molecule has 1 fully saturated rings. The molecule has 0 radical (unpaired) electrons. The van der Waals surface area contributed by atoms with E-state index in [-0.39, 0.29) is 22.9 Å². The molecule has 5 nitrogen and oxygen atoms in total. The Kier molecular flexibility index (Phi) is 5.99. The maximum Gasteiger partial charge on any atom is 0.259 e. The van der Waals surface area contributed by atoms with E-state index in [1.165, 1.54) is 23.3 Å². The summed E-state index contributed by atoms with van der Waals surface area (Å²) in [5, 5.41) is 0.222. The van der Waals surface area contributed by atoms with Gasteiger partial charge in [-0.1, -0.05) is 60.7 Å². The van der Waals surface area contributed by atoms with E-state index < -0.39 is 11.2 Å². The fraction of sp³-hybridized carbons (Fsp3) is 0.214. The second-order valence-electron chi connectivity index (χ2n) is 8.70. The summed E-state index contributed by atoms with van der Waals surface area (Å²) in [5.74, 6) is -0.793. The Morgan fingerprint density at radius 3 is 2.03 bits per heavy atom. The Morgan fingerprint density at radius 2 is 1.44 bits per heavy atom. The standard InChI is InChI=1S/C28H26FN3O2/c1-30-19-24(27(33)23-18-22(29)12-13-25(23)30)28(34)32-16-14-31(15-17-32)26(20-8-4-2-5-9-20)21-10-6-3-7-11-21/h2-13,18-19,26H,14-17H2,1H3. The van der Waals surface area contributed by atoms with E-state index in [0.717, 1.165) is 0 Å². The van der Waals surface area contributed by atoms with Gasteiger partial charge >= 0.3 is 0 Å². The second kappa shape index (κ2) is 9.23. The van der Waals surface area contributed by atoms with E-state index in [4.69, 9.17) is 0 Å². The maximum atomic E-state index is 13.8. The van der Waals surface area contributed by atoms with E-state index in [9.17, 15) is 14.0 Å². The SMILES string of the molecule is Cn1cc(C(=O)N2CCN(C(c3ccccc3)c3ccccc3)CC2)c(=O)c2cc(F)ccc21. The fourth-order valence-electron chi connectivity index (χ4n) is 4.86. The van der Waals surface area contributed by atoms with Crippen LogP contribution in [0.25, 0.3) is 10.9 Å². The van der Waals surface area contributed by atoms with Gasteiger partial charge in [-0.15, -0.1) is 0 Å². The highest BCUT2D eigenvalue weighted by Gasteiger charge is 2.29. The molecule has 5 rings (SSSR count). The van der Waals surface area contributed by atoms with E-state index in [0.29, 0.717) is 31.7 Å². The highest BCUT2D eigenvalue weighted by molar-refractivity contribution is 5.97. The van der Waals surface area contributed by atoms with Gasteiger partial charge in [-0.2, -0.15) is 0 Å². The van der Waals surface area contributed by atoms with Crippen molar-refractivity contribution in [2.45, 2.75) is 6.04 Å². The quantitative estimate of drug-likeness (QED) is 0.463. The number of hydrogen-bond donors (Lipinski definition) is 0. The zero-order chi connectivity index (χ0) is 23.7. The molecule has 0 aliphatic carbocycles. The summed E-state index contributed by atoms with van der Waals surface area (Å²) in [6.45, 7) is 2.39. The summed E-state index contributed by atoms with van der Waals surface area (Å²) in [7, 11) is 1.76. The molecule has 0 spiro atoms. The van der Waals surface area contributed by atoms with Crippen molar-refractivity contribution in [2.24, 2.45) is 7.05 Å². The lowest BCUT2D eigenvalue weighted by molar-refractivity contribution is 0.0595. The van der Waals surface area contributed by atoms with Gasteiger partial charge in [0.2, 0.25) is 5.43 Å². The number of piperazine rings is 1. The Balaban J connectivity index is 1.39. The van der Waals surface area contributed by atoms with Gasteiger partial charge in [0.1, 0.15) is 11.4 Å². The highest BCUT2D eigenvalue weighted by Crippen LogP contribution is 2.29. The predicted octanol–water partition coefficient (Wildman–Crippen LogP) is 4.23. The number of aryl methyl sites for hydroxylation is 1. The zero-order valence-electron chi connectivity index (χ0n) is 19.0. The smallest absolute Gasteiger partial charge is 0.259 e. The van der Waals surface area contributed by atoms with Crippen molar-refractivity contribution in [3.8, 4) is 0 Å².